The number of nitrogens with zero attached hydrogens (tertiary/aromatic N) is 2. The van der Waals surface area contributed by atoms with E-state index in [1.54, 1.807) is 31.6 Å². The van der Waals surface area contributed by atoms with Crippen LogP contribution in [-0.4, -0.2) is 36.1 Å². The average molecular weight is 389 g/mol. The Balaban J connectivity index is 1.95. The summed E-state index contributed by atoms with van der Waals surface area (Å²) < 4.78 is 11.0. The molecule has 1 aliphatic heterocycles. The molecule has 1 fully saturated rings. The molecule has 1 unspecified atom stereocenters. The zero-order valence-electron chi connectivity index (χ0n) is 15.8. The predicted octanol–water partition coefficient (Wildman–Crippen LogP) is 4.90. The number of aromatic nitrogens is 1. The van der Waals surface area contributed by atoms with Crippen molar-refractivity contribution in [3.05, 3.63) is 52.8 Å². The minimum atomic E-state index is -0.0399. The lowest BCUT2D eigenvalue weighted by molar-refractivity contribution is 0.0680. The summed E-state index contributed by atoms with van der Waals surface area (Å²) in [6.45, 7) is 3.07. The van der Waals surface area contributed by atoms with Gasteiger partial charge in [0.1, 0.15) is 0 Å². The lowest BCUT2D eigenvalue weighted by Crippen LogP contribution is -2.34. The quantitative estimate of drug-likeness (QED) is 0.731. The number of carbonyl (C=O) groups is 1. The third-order valence-corrected chi connectivity index (χ3v) is 5.15. The van der Waals surface area contributed by atoms with E-state index in [9.17, 15) is 4.79 Å². The summed E-state index contributed by atoms with van der Waals surface area (Å²) in [5.41, 5.74) is 1.63. The van der Waals surface area contributed by atoms with Gasteiger partial charge in [0.05, 0.1) is 24.8 Å². The first-order valence-corrected chi connectivity index (χ1v) is 9.74. The molecule has 1 aromatic carbocycles. The van der Waals surface area contributed by atoms with E-state index in [-0.39, 0.29) is 11.9 Å². The van der Waals surface area contributed by atoms with Crippen molar-refractivity contribution in [1.82, 2.24) is 9.88 Å². The number of rotatable bonds is 5. The van der Waals surface area contributed by atoms with E-state index in [1.165, 1.54) is 0 Å². The Labute approximate surface area is 165 Å². The SMILES string of the molecule is CCOc1c(Cl)cc(C(=O)N2CCCCCC2c2ccncc2)cc1OC. The molecule has 5 nitrogen and oxygen atoms in total. The van der Waals surface area contributed by atoms with E-state index in [1.807, 2.05) is 24.0 Å². The van der Waals surface area contributed by atoms with Crippen LogP contribution in [0.2, 0.25) is 5.02 Å². The van der Waals surface area contributed by atoms with Gasteiger partial charge >= 0.3 is 0 Å². The second-order valence-electron chi connectivity index (χ2n) is 6.57. The Bertz CT molecular complexity index is 782. The highest BCUT2D eigenvalue weighted by atomic mass is 35.5. The van der Waals surface area contributed by atoms with Crippen molar-refractivity contribution in [3.63, 3.8) is 0 Å². The Morgan fingerprint density at radius 3 is 2.74 bits per heavy atom. The third-order valence-electron chi connectivity index (χ3n) is 4.87. The second kappa shape index (κ2) is 9.09. The van der Waals surface area contributed by atoms with E-state index in [4.69, 9.17) is 21.1 Å². The van der Waals surface area contributed by atoms with Crippen LogP contribution in [0.4, 0.5) is 0 Å². The zero-order chi connectivity index (χ0) is 19.2. The molecule has 0 spiro atoms. The van der Waals surface area contributed by atoms with Gasteiger partial charge in [-0.15, -0.1) is 0 Å². The van der Waals surface area contributed by atoms with Crippen molar-refractivity contribution >= 4 is 17.5 Å². The molecule has 1 aliphatic rings. The number of halogens is 1. The average Bonchev–Trinajstić information content (AvgIpc) is 2.95. The van der Waals surface area contributed by atoms with Crippen molar-refractivity contribution in [1.29, 1.82) is 0 Å². The molecule has 0 saturated carbocycles. The number of amides is 1. The molecule has 0 bridgehead atoms. The van der Waals surface area contributed by atoms with Crippen LogP contribution in [0.3, 0.4) is 0 Å². The molecule has 1 atom stereocenters. The normalized spacial score (nSPS) is 17.3. The van der Waals surface area contributed by atoms with Crippen LogP contribution < -0.4 is 9.47 Å². The number of benzene rings is 1. The van der Waals surface area contributed by atoms with Gasteiger partial charge in [0.15, 0.2) is 11.5 Å². The van der Waals surface area contributed by atoms with Gasteiger partial charge in [-0.3, -0.25) is 9.78 Å². The van der Waals surface area contributed by atoms with Gasteiger partial charge in [-0.1, -0.05) is 24.4 Å². The number of pyridine rings is 1. The molecule has 0 aliphatic carbocycles. The van der Waals surface area contributed by atoms with Crippen LogP contribution in [0.5, 0.6) is 11.5 Å². The molecular weight excluding hydrogens is 364 g/mol. The topological polar surface area (TPSA) is 51.7 Å². The van der Waals surface area contributed by atoms with Gasteiger partial charge in [0.25, 0.3) is 5.91 Å². The molecule has 1 saturated heterocycles. The third kappa shape index (κ3) is 4.35. The molecular formula is C21H25ClN2O3. The van der Waals surface area contributed by atoms with Crippen LogP contribution >= 0.6 is 11.6 Å². The molecule has 27 heavy (non-hydrogen) atoms. The summed E-state index contributed by atoms with van der Waals surface area (Å²) in [5.74, 6) is 0.907. The van der Waals surface area contributed by atoms with Gasteiger partial charge < -0.3 is 14.4 Å². The van der Waals surface area contributed by atoms with Crippen LogP contribution in [0.15, 0.2) is 36.7 Å². The highest BCUT2D eigenvalue weighted by molar-refractivity contribution is 6.32. The number of carbonyl (C=O) groups excluding carboxylic acids is 1. The summed E-state index contributed by atoms with van der Waals surface area (Å²) >= 11 is 6.38. The molecule has 2 aromatic rings. The molecule has 6 heteroatoms. The summed E-state index contributed by atoms with van der Waals surface area (Å²) in [5, 5.41) is 0.384. The Kier molecular flexibility index (Phi) is 6.56. The lowest BCUT2D eigenvalue weighted by atomic mass is 10.0. The van der Waals surface area contributed by atoms with Crippen LogP contribution in [0, 0.1) is 0 Å². The highest BCUT2D eigenvalue weighted by Crippen LogP contribution is 2.38. The van der Waals surface area contributed by atoms with Crippen molar-refractivity contribution in [2.45, 2.75) is 38.6 Å². The van der Waals surface area contributed by atoms with Crippen molar-refractivity contribution < 1.29 is 14.3 Å². The minimum Gasteiger partial charge on any atom is -0.493 e. The summed E-state index contributed by atoms with van der Waals surface area (Å²) in [4.78, 5) is 19.4. The van der Waals surface area contributed by atoms with Gasteiger partial charge in [0, 0.05) is 24.5 Å². The number of hydrogen-bond donors (Lipinski definition) is 0. The Morgan fingerprint density at radius 1 is 1.26 bits per heavy atom. The maximum absolute atomic E-state index is 13.4. The molecule has 3 rings (SSSR count). The number of likely N-dealkylation sites (tertiary alicyclic amines) is 1. The number of methoxy groups -OCH3 is 1. The molecule has 144 valence electrons. The van der Waals surface area contributed by atoms with Gasteiger partial charge in [-0.25, -0.2) is 0 Å². The van der Waals surface area contributed by atoms with E-state index in [0.29, 0.717) is 28.7 Å². The second-order valence-corrected chi connectivity index (χ2v) is 6.97. The molecule has 2 heterocycles. The standard InChI is InChI=1S/C21H25ClN2O3/c1-3-27-20-17(22)13-16(14-19(20)26-2)21(25)24-12-6-4-5-7-18(24)15-8-10-23-11-9-15/h8-11,13-14,18H,3-7,12H2,1-2H3. The molecule has 0 N–H and O–H groups in total. The van der Waals surface area contributed by atoms with Crippen molar-refractivity contribution in [2.24, 2.45) is 0 Å². The first-order valence-electron chi connectivity index (χ1n) is 9.37. The fourth-order valence-electron chi connectivity index (χ4n) is 3.58. The monoisotopic (exact) mass is 388 g/mol. The largest absolute Gasteiger partial charge is 0.493 e. The summed E-state index contributed by atoms with van der Waals surface area (Å²) in [6, 6.07) is 7.41. The maximum Gasteiger partial charge on any atom is 0.254 e. The van der Waals surface area contributed by atoms with Crippen LogP contribution in [0.1, 0.15) is 54.6 Å². The van der Waals surface area contributed by atoms with E-state index in [0.717, 1.165) is 37.8 Å². The molecule has 0 radical (unpaired) electrons. The first kappa shape index (κ1) is 19.5. The van der Waals surface area contributed by atoms with Gasteiger partial charge in [0.2, 0.25) is 0 Å². The fourth-order valence-corrected chi connectivity index (χ4v) is 3.84. The predicted molar refractivity (Wildman–Crippen MR) is 106 cm³/mol. The lowest BCUT2D eigenvalue weighted by Gasteiger charge is -2.31. The van der Waals surface area contributed by atoms with Gasteiger partial charge in [-0.2, -0.15) is 0 Å². The minimum absolute atomic E-state index is 0.0399. The van der Waals surface area contributed by atoms with Crippen molar-refractivity contribution in [2.75, 3.05) is 20.3 Å². The Hall–Kier alpha value is -2.27. The van der Waals surface area contributed by atoms with Gasteiger partial charge in [-0.05, 0) is 49.6 Å². The smallest absolute Gasteiger partial charge is 0.254 e. The van der Waals surface area contributed by atoms with E-state index >= 15 is 0 Å². The fraction of sp³-hybridized carbons (Fsp3) is 0.429. The Morgan fingerprint density at radius 2 is 2.04 bits per heavy atom. The molecule has 1 amide bonds. The number of hydrogen-bond acceptors (Lipinski definition) is 4. The first-order chi connectivity index (χ1) is 13.2. The van der Waals surface area contributed by atoms with E-state index < -0.39 is 0 Å². The molecule has 1 aromatic heterocycles. The van der Waals surface area contributed by atoms with E-state index in [2.05, 4.69) is 4.98 Å². The highest BCUT2D eigenvalue weighted by Gasteiger charge is 2.28. The zero-order valence-corrected chi connectivity index (χ0v) is 16.5. The maximum atomic E-state index is 13.4. The summed E-state index contributed by atoms with van der Waals surface area (Å²) in [7, 11) is 1.55. The summed E-state index contributed by atoms with van der Waals surface area (Å²) in [6.07, 6.45) is 7.72. The van der Waals surface area contributed by atoms with Crippen molar-refractivity contribution in [3.8, 4) is 11.5 Å². The van der Waals surface area contributed by atoms with Crippen LogP contribution in [0.25, 0.3) is 0 Å². The number of ether oxygens (including phenoxy) is 2. The van der Waals surface area contributed by atoms with Crippen LogP contribution in [-0.2, 0) is 0 Å².